The number of halogens is 1. The molecule has 2 aromatic carbocycles. The second-order valence-corrected chi connectivity index (χ2v) is 4.03. The van der Waals surface area contributed by atoms with Gasteiger partial charge in [0, 0.05) is 11.1 Å². The summed E-state index contributed by atoms with van der Waals surface area (Å²) in [5, 5.41) is 8.90. The lowest BCUT2D eigenvalue weighted by molar-refractivity contribution is 0.0998. The highest BCUT2D eigenvalue weighted by molar-refractivity contribution is 5.94. The average molecular weight is 270 g/mol. The summed E-state index contributed by atoms with van der Waals surface area (Å²) in [7, 11) is 0. The molecule has 0 fully saturated rings. The smallest absolute Gasteiger partial charge is 0.249 e. The van der Waals surface area contributed by atoms with E-state index in [1.807, 2.05) is 0 Å². The molecule has 2 aromatic rings. The number of carbonyl (C=O) groups is 1. The van der Waals surface area contributed by atoms with Crippen molar-refractivity contribution in [1.82, 2.24) is 0 Å². The predicted octanol–water partition coefficient (Wildman–Crippen LogP) is 2.38. The first-order valence-electron chi connectivity index (χ1n) is 5.82. The minimum absolute atomic E-state index is 0.0250. The van der Waals surface area contributed by atoms with Gasteiger partial charge in [0.15, 0.2) is 0 Å². The Hall–Kier alpha value is -2.87. The molecule has 5 heteroatoms. The normalized spacial score (nSPS) is 9.80. The van der Waals surface area contributed by atoms with Gasteiger partial charge in [-0.25, -0.2) is 4.39 Å². The van der Waals surface area contributed by atoms with E-state index < -0.39 is 11.7 Å². The monoisotopic (exact) mass is 270 g/mol. The van der Waals surface area contributed by atoms with Gasteiger partial charge in [0.25, 0.3) is 0 Å². The Balaban J connectivity index is 2.24. The van der Waals surface area contributed by atoms with E-state index in [2.05, 4.69) is 0 Å². The van der Waals surface area contributed by atoms with Gasteiger partial charge in [0.05, 0.1) is 0 Å². The quantitative estimate of drug-likeness (QED) is 0.926. The third-order valence-electron chi connectivity index (χ3n) is 2.75. The molecule has 0 bridgehead atoms. The lowest BCUT2D eigenvalue weighted by Crippen LogP contribution is -2.14. The van der Waals surface area contributed by atoms with Gasteiger partial charge in [-0.3, -0.25) is 4.79 Å². The predicted molar refractivity (Wildman–Crippen MR) is 70.4 cm³/mol. The second-order valence-electron chi connectivity index (χ2n) is 4.03. The van der Waals surface area contributed by atoms with Crippen LogP contribution in [0.15, 0.2) is 42.5 Å². The van der Waals surface area contributed by atoms with Crippen LogP contribution in [0, 0.1) is 17.1 Å². The third kappa shape index (κ3) is 2.75. The number of carbonyl (C=O) groups excluding carboxylic acids is 1. The van der Waals surface area contributed by atoms with Gasteiger partial charge in [-0.05, 0) is 18.2 Å². The lowest BCUT2D eigenvalue weighted by Gasteiger charge is -2.10. The molecule has 0 saturated carbocycles. The Morgan fingerprint density at radius 3 is 2.70 bits per heavy atom. The molecule has 2 N–H and O–H groups in total. The number of ether oxygens (including phenoxy) is 1. The van der Waals surface area contributed by atoms with E-state index in [1.54, 1.807) is 30.3 Å². The summed E-state index contributed by atoms with van der Waals surface area (Å²) in [5.41, 5.74) is 6.01. The number of rotatable bonds is 4. The van der Waals surface area contributed by atoms with Crippen molar-refractivity contribution in [2.75, 3.05) is 0 Å². The van der Waals surface area contributed by atoms with E-state index in [-0.39, 0.29) is 17.9 Å². The fraction of sp³-hybridized carbons (Fsp3) is 0.0667. The van der Waals surface area contributed by atoms with Crippen LogP contribution in [-0.2, 0) is 6.61 Å². The highest BCUT2D eigenvalue weighted by Crippen LogP contribution is 2.22. The van der Waals surface area contributed by atoms with Crippen LogP contribution in [0.5, 0.6) is 5.75 Å². The molecule has 2 rings (SSSR count). The van der Waals surface area contributed by atoms with Gasteiger partial charge in [0.2, 0.25) is 5.91 Å². The second kappa shape index (κ2) is 5.85. The minimum Gasteiger partial charge on any atom is -0.487 e. The molecule has 0 aromatic heterocycles. The van der Waals surface area contributed by atoms with E-state index in [1.165, 1.54) is 18.2 Å². The first-order chi connectivity index (χ1) is 9.63. The summed E-state index contributed by atoms with van der Waals surface area (Å²) >= 11 is 0. The topological polar surface area (TPSA) is 76.1 Å². The molecule has 4 nitrogen and oxygen atoms in total. The van der Waals surface area contributed by atoms with E-state index in [0.29, 0.717) is 11.1 Å². The van der Waals surface area contributed by atoms with Crippen molar-refractivity contribution in [3.63, 3.8) is 0 Å². The molecule has 0 heterocycles. The maximum absolute atomic E-state index is 13.4. The molecule has 0 aliphatic heterocycles. The molecule has 1 amide bonds. The van der Waals surface area contributed by atoms with Crippen molar-refractivity contribution < 1.29 is 13.9 Å². The first kappa shape index (κ1) is 13.6. The molecular weight excluding hydrogens is 259 g/mol. The Bertz CT molecular complexity index is 693. The zero-order valence-corrected chi connectivity index (χ0v) is 10.5. The molecule has 20 heavy (non-hydrogen) atoms. The number of benzene rings is 2. The van der Waals surface area contributed by atoms with Gasteiger partial charge in [0.1, 0.15) is 29.8 Å². The summed E-state index contributed by atoms with van der Waals surface area (Å²) < 4.78 is 18.8. The third-order valence-corrected chi connectivity index (χ3v) is 2.75. The molecule has 0 atom stereocenters. The first-order valence-corrected chi connectivity index (χ1v) is 5.82. The van der Waals surface area contributed by atoms with Crippen LogP contribution in [0.4, 0.5) is 4.39 Å². The van der Waals surface area contributed by atoms with Crippen molar-refractivity contribution in [3.8, 4) is 11.8 Å². The van der Waals surface area contributed by atoms with Crippen molar-refractivity contribution in [2.45, 2.75) is 6.61 Å². The molecular formula is C15H11FN2O2. The van der Waals surface area contributed by atoms with E-state index >= 15 is 0 Å². The molecule has 0 radical (unpaired) electrons. The maximum atomic E-state index is 13.4. The highest BCUT2D eigenvalue weighted by atomic mass is 19.1. The lowest BCUT2D eigenvalue weighted by atomic mass is 10.1. The highest BCUT2D eigenvalue weighted by Gasteiger charge is 2.11. The van der Waals surface area contributed by atoms with Crippen LogP contribution in [0.3, 0.4) is 0 Å². The zero-order valence-electron chi connectivity index (χ0n) is 10.5. The number of nitrogens with two attached hydrogens (primary N) is 1. The van der Waals surface area contributed by atoms with Crippen LogP contribution >= 0.6 is 0 Å². The summed E-state index contributed by atoms with van der Waals surface area (Å²) in [6.45, 7) is 0.0250. The molecule has 0 unspecified atom stereocenters. The average Bonchev–Trinajstić information content (AvgIpc) is 2.45. The van der Waals surface area contributed by atoms with Gasteiger partial charge < -0.3 is 10.5 Å². The van der Waals surface area contributed by atoms with E-state index in [4.69, 9.17) is 15.7 Å². The summed E-state index contributed by atoms with van der Waals surface area (Å²) in [4.78, 5) is 11.3. The van der Waals surface area contributed by atoms with Crippen molar-refractivity contribution >= 4 is 5.91 Å². The van der Waals surface area contributed by atoms with Crippen molar-refractivity contribution in [1.29, 1.82) is 5.26 Å². The van der Waals surface area contributed by atoms with Crippen molar-refractivity contribution in [3.05, 3.63) is 65.0 Å². The van der Waals surface area contributed by atoms with E-state index in [0.717, 1.165) is 0 Å². The molecule has 0 aliphatic rings. The summed E-state index contributed by atoms with van der Waals surface area (Å²) in [6.07, 6.45) is 0. The number of amides is 1. The van der Waals surface area contributed by atoms with Crippen LogP contribution in [-0.4, -0.2) is 5.91 Å². The van der Waals surface area contributed by atoms with Gasteiger partial charge in [-0.15, -0.1) is 0 Å². The Kier molecular flexibility index (Phi) is 3.96. The Labute approximate surface area is 115 Å². The van der Waals surface area contributed by atoms with Gasteiger partial charge in [-0.1, -0.05) is 24.3 Å². The molecule has 0 spiro atoms. The summed E-state index contributed by atoms with van der Waals surface area (Å²) in [6, 6.07) is 12.6. The SMILES string of the molecule is N#Cc1c(F)cccc1OCc1ccccc1C(N)=O. The molecule has 0 saturated heterocycles. The minimum atomic E-state index is -0.645. The number of hydrogen-bond acceptors (Lipinski definition) is 3. The Morgan fingerprint density at radius 1 is 1.25 bits per heavy atom. The fourth-order valence-corrected chi connectivity index (χ4v) is 1.78. The summed E-state index contributed by atoms with van der Waals surface area (Å²) in [5.74, 6) is -1.08. The number of primary amides is 1. The Morgan fingerprint density at radius 2 is 2.00 bits per heavy atom. The number of hydrogen-bond donors (Lipinski definition) is 1. The number of nitrogens with zero attached hydrogens (tertiary/aromatic N) is 1. The van der Waals surface area contributed by atoms with Crippen LogP contribution < -0.4 is 10.5 Å². The molecule has 0 aliphatic carbocycles. The van der Waals surface area contributed by atoms with Crippen LogP contribution in [0.2, 0.25) is 0 Å². The van der Waals surface area contributed by atoms with E-state index in [9.17, 15) is 9.18 Å². The number of nitriles is 1. The maximum Gasteiger partial charge on any atom is 0.249 e. The van der Waals surface area contributed by atoms with Crippen LogP contribution in [0.25, 0.3) is 0 Å². The van der Waals surface area contributed by atoms with Gasteiger partial charge in [-0.2, -0.15) is 5.26 Å². The zero-order chi connectivity index (χ0) is 14.5. The standard InChI is InChI=1S/C15H11FN2O2/c16-13-6-3-7-14(12(13)8-17)20-9-10-4-1-2-5-11(10)15(18)19/h1-7H,9H2,(H2,18,19). The molecule has 100 valence electrons. The largest absolute Gasteiger partial charge is 0.487 e. The van der Waals surface area contributed by atoms with Gasteiger partial charge >= 0.3 is 0 Å². The van der Waals surface area contributed by atoms with Crippen LogP contribution in [0.1, 0.15) is 21.5 Å². The van der Waals surface area contributed by atoms with Crippen molar-refractivity contribution in [2.24, 2.45) is 5.73 Å². The fourth-order valence-electron chi connectivity index (χ4n) is 1.78.